The molecule has 4 aromatic carbocycles. The molecule has 0 amide bonds. The zero-order valence-corrected chi connectivity index (χ0v) is 18.9. The number of nitrogen functional groups attached to an aromatic ring is 1. The highest BCUT2D eigenvalue weighted by Gasteiger charge is 1.94. The van der Waals surface area contributed by atoms with E-state index in [2.05, 4.69) is 90.4 Å². The molecule has 0 radical (unpaired) electrons. The van der Waals surface area contributed by atoms with E-state index < -0.39 is 0 Å². The molecule has 0 aliphatic heterocycles. The highest BCUT2D eigenvalue weighted by atomic mass is 79.9. The van der Waals surface area contributed by atoms with Gasteiger partial charge in [0.15, 0.2) is 0 Å². The van der Waals surface area contributed by atoms with Crippen LogP contribution in [-0.4, -0.2) is 5.84 Å². The van der Waals surface area contributed by atoms with Gasteiger partial charge in [0.1, 0.15) is 5.84 Å². The minimum Gasteiger partial charge on any atom is -0.384 e. The van der Waals surface area contributed by atoms with Crippen LogP contribution in [0.2, 0.25) is 0 Å². The summed E-state index contributed by atoms with van der Waals surface area (Å²) in [5, 5.41) is 7.09. The van der Waals surface area contributed by atoms with Gasteiger partial charge in [-0.3, -0.25) is 5.41 Å². The van der Waals surface area contributed by atoms with Crippen LogP contribution in [0, 0.1) is 19.3 Å². The van der Waals surface area contributed by atoms with Crippen molar-refractivity contribution in [1.29, 1.82) is 5.41 Å². The van der Waals surface area contributed by atoms with Gasteiger partial charge in [-0.25, -0.2) is 0 Å². The van der Waals surface area contributed by atoms with Gasteiger partial charge in [-0.1, -0.05) is 124 Å². The molecule has 0 unspecified atom stereocenters. The zero-order valence-electron chi connectivity index (χ0n) is 17.3. The van der Waals surface area contributed by atoms with Crippen LogP contribution >= 0.6 is 15.9 Å². The molecule has 0 aliphatic rings. The van der Waals surface area contributed by atoms with Gasteiger partial charge in [0.05, 0.1) is 0 Å². The second-order valence-electron chi connectivity index (χ2n) is 6.81. The lowest BCUT2D eigenvalue weighted by Crippen LogP contribution is -2.10. The number of amidine groups is 1. The number of nitrogens with two attached hydrogens (primary N) is 1. The molecule has 3 N–H and O–H groups in total. The van der Waals surface area contributed by atoms with Crippen LogP contribution in [0.25, 0.3) is 11.1 Å². The fourth-order valence-electron chi connectivity index (χ4n) is 2.57. The number of benzene rings is 4. The van der Waals surface area contributed by atoms with Crippen LogP contribution in [0.5, 0.6) is 0 Å². The van der Waals surface area contributed by atoms with Gasteiger partial charge >= 0.3 is 0 Å². The van der Waals surface area contributed by atoms with Crippen LogP contribution in [0.15, 0.2) is 114 Å². The minimum atomic E-state index is 0.0984. The molecule has 0 saturated heterocycles. The Hall–Kier alpha value is -3.17. The molecule has 0 atom stereocenters. The monoisotopic (exact) mass is 458 g/mol. The van der Waals surface area contributed by atoms with E-state index in [4.69, 9.17) is 11.1 Å². The van der Waals surface area contributed by atoms with Crippen molar-refractivity contribution in [1.82, 2.24) is 0 Å². The standard InChI is InChI=1S/C13H12.C7H7BrN2.C7H8/c1-11-7-9-13(10-8-11)12-5-3-2-4-6-12;8-6-3-1-2-5(4-6)7(9)10;1-7-5-3-2-4-6-7/h2-10H,1H3;1-4H,(H3,9,10);2-6H,1H3. The van der Waals surface area contributed by atoms with Gasteiger partial charge in [0, 0.05) is 10.0 Å². The first-order valence-electron chi connectivity index (χ1n) is 9.69. The molecular formula is C27H27BrN2. The van der Waals surface area contributed by atoms with E-state index in [1.165, 1.54) is 22.3 Å². The molecule has 0 aliphatic carbocycles. The van der Waals surface area contributed by atoms with Gasteiger partial charge in [-0.2, -0.15) is 0 Å². The summed E-state index contributed by atoms with van der Waals surface area (Å²) in [5.41, 5.74) is 11.2. The highest BCUT2D eigenvalue weighted by Crippen LogP contribution is 2.18. The van der Waals surface area contributed by atoms with E-state index in [0.29, 0.717) is 0 Å². The Morgan fingerprint density at radius 3 is 1.57 bits per heavy atom. The normalized spacial score (nSPS) is 9.43. The molecule has 3 heteroatoms. The molecule has 4 rings (SSSR count). The third-order valence-corrected chi connectivity index (χ3v) is 4.73. The highest BCUT2D eigenvalue weighted by molar-refractivity contribution is 9.10. The van der Waals surface area contributed by atoms with Crippen molar-refractivity contribution in [2.24, 2.45) is 5.73 Å². The summed E-state index contributed by atoms with van der Waals surface area (Å²) in [6.45, 7) is 4.19. The Balaban J connectivity index is 0.000000168. The molecule has 0 spiro atoms. The van der Waals surface area contributed by atoms with E-state index in [9.17, 15) is 0 Å². The fraction of sp³-hybridized carbons (Fsp3) is 0.0741. The average Bonchev–Trinajstić information content (AvgIpc) is 2.76. The molecule has 0 heterocycles. The zero-order chi connectivity index (χ0) is 21.8. The summed E-state index contributed by atoms with van der Waals surface area (Å²) in [6, 6.07) is 36.6. The molecule has 2 nitrogen and oxygen atoms in total. The van der Waals surface area contributed by atoms with E-state index >= 15 is 0 Å². The van der Waals surface area contributed by atoms with Crippen LogP contribution in [-0.2, 0) is 0 Å². The number of nitrogens with one attached hydrogen (secondary N) is 1. The summed E-state index contributed by atoms with van der Waals surface area (Å²) in [6.07, 6.45) is 0. The Labute approximate surface area is 188 Å². The predicted octanol–water partition coefficient (Wildman–Crippen LogP) is 7.39. The Bertz CT molecular complexity index is 1030. The van der Waals surface area contributed by atoms with Crippen molar-refractivity contribution in [3.8, 4) is 11.1 Å². The molecule has 30 heavy (non-hydrogen) atoms. The number of aryl methyl sites for hydroxylation is 2. The number of rotatable bonds is 2. The molecule has 0 aromatic heterocycles. The van der Waals surface area contributed by atoms with Crippen LogP contribution in [0.1, 0.15) is 16.7 Å². The van der Waals surface area contributed by atoms with Gasteiger partial charge in [0.2, 0.25) is 0 Å². The van der Waals surface area contributed by atoms with Crippen molar-refractivity contribution in [3.63, 3.8) is 0 Å². The fourth-order valence-corrected chi connectivity index (χ4v) is 2.97. The first-order valence-corrected chi connectivity index (χ1v) is 10.5. The number of hydrogen-bond donors (Lipinski definition) is 2. The molecular weight excluding hydrogens is 432 g/mol. The van der Waals surface area contributed by atoms with E-state index in [1.807, 2.05) is 42.5 Å². The lowest BCUT2D eigenvalue weighted by molar-refractivity contribution is 1.42. The van der Waals surface area contributed by atoms with Crippen molar-refractivity contribution in [2.75, 3.05) is 0 Å². The van der Waals surface area contributed by atoms with Gasteiger partial charge in [-0.05, 0) is 37.1 Å². The van der Waals surface area contributed by atoms with Gasteiger partial charge in [-0.15, -0.1) is 0 Å². The first kappa shape index (κ1) is 23.1. The molecule has 0 bridgehead atoms. The summed E-state index contributed by atoms with van der Waals surface area (Å²) in [7, 11) is 0. The molecule has 152 valence electrons. The maximum absolute atomic E-state index is 7.09. The lowest BCUT2D eigenvalue weighted by atomic mass is 10.0. The van der Waals surface area contributed by atoms with Crippen molar-refractivity contribution >= 4 is 21.8 Å². The second kappa shape index (κ2) is 12.4. The predicted molar refractivity (Wildman–Crippen MR) is 133 cm³/mol. The van der Waals surface area contributed by atoms with Crippen molar-refractivity contribution in [2.45, 2.75) is 13.8 Å². The van der Waals surface area contributed by atoms with Crippen LogP contribution in [0.3, 0.4) is 0 Å². The topological polar surface area (TPSA) is 49.9 Å². The maximum Gasteiger partial charge on any atom is 0.122 e. The number of hydrogen-bond acceptors (Lipinski definition) is 1. The average molecular weight is 459 g/mol. The summed E-state index contributed by atoms with van der Waals surface area (Å²) < 4.78 is 0.945. The van der Waals surface area contributed by atoms with Gasteiger partial charge in [0.25, 0.3) is 0 Å². The van der Waals surface area contributed by atoms with Crippen molar-refractivity contribution < 1.29 is 0 Å². The largest absolute Gasteiger partial charge is 0.384 e. The second-order valence-corrected chi connectivity index (χ2v) is 7.73. The maximum atomic E-state index is 7.09. The third-order valence-electron chi connectivity index (χ3n) is 4.23. The number of halogens is 1. The lowest BCUT2D eigenvalue weighted by Gasteiger charge is -2.00. The minimum absolute atomic E-state index is 0.0984. The van der Waals surface area contributed by atoms with Crippen LogP contribution in [0.4, 0.5) is 0 Å². The molecule has 0 fully saturated rings. The molecule has 0 saturated carbocycles. The Morgan fingerprint density at radius 2 is 1.13 bits per heavy atom. The summed E-state index contributed by atoms with van der Waals surface area (Å²) in [5.74, 6) is 0.0984. The first-order chi connectivity index (χ1) is 14.5. The quantitative estimate of drug-likeness (QED) is 0.238. The smallest absolute Gasteiger partial charge is 0.122 e. The molecule has 4 aromatic rings. The summed E-state index contributed by atoms with van der Waals surface area (Å²) >= 11 is 3.28. The Kier molecular flexibility index (Phi) is 9.56. The third kappa shape index (κ3) is 8.46. The van der Waals surface area contributed by atoms with E-state index in [0.717, 1.165) is 10.0 Å². The summed E-state index contributed by atoms with van der Waals surface area (Å²) in [4.78, 5) is 0. The van der Waals surface area contributed by atoms with E-state index in [1.54, 1.807) is 6.07 Å². The van der Waals surface area contributed by atoms with Crippen molar-refractivity contribution in [3.05, 3.63) is 130 Å². The SMILES string of the molecule is Cc1ccc(-c2ccccc2)cc1.Cc1ccccc1.N=C(N)c1cccc(Br)c1. The van der Waals surface area contributed by atoms with Crippen LogP contribution < -0.4 is 5.73 Å². The Morgan fingerprint density at radius 1 is 0.633 bits per heavy atom. The van der Waals surface area contributed by atoms with Gasteiger partial charge < -0.3 is 5.73 Å². The van der Waals surface area contributed by atoms with E-state index in [-0.39, 0.29) is 5.84 Å².